The number of carbonyl (C=O) groups excluding carboxylic acids is 2. The van der Waals surface area contributed by atoms with E-state index >= 15 is 0 Å². The minimum Gasteiger partial charge on any atom is -0.482 e. The number of anilines is 1. The fourth-order valence-corrected chi connectivity index (χ4v) is 3.57. The third kappa shape index (κ3) is 8.43. The Bertz CT molecular complexity index is 1320. The van der Waals surface area contributed by atoms with Crippen molar-refractivity contribution < 1.29 is 23.5 Å². The van der Waals surface area contributed by atoms with Gasteiger partial charge < -0.3 is 30.8 Å². The number of benzene rings is 1. The number of amides is 2. The molecule has 0 fully saturated rings. The molecule has 0 aliphatic rings. The summed E-state index contributed by atoms with van der Waals surface area (Å²) in [7, 11) is 1.51. The summed E-state index contributed by atoms with van der Waals surface area (Å²) >= 11 is 12.3. The number of nitrogens with two attached hydrogens (primary N) is 2. The van der Waals surface area contributed by atoms with Gasteiger partial charge in [0.05, 0.1) is 10.7 Å². The molecule has 37 heavy (non-hydrogen) atoms. The van der Waals surface area contributed by atoms with Crippen LogP contribution < -0.4 is 27.7 Å². The summed E-state index contributed by atoms with van der Waals surface area (Å²) in [5, 5.41) is 4.66. The van der Waals surface area contributed by atoms with Crippen LogP contribution in [0.4, 0.5) is 14.9 Å². The van der Waals surface area contributed by atoms with Crippen LogP contribution in [0.15, 0.2) is 58.6 Å². The van der Waals surface area contributed by atoms with Gasteiger partial charge in [-0.3, -0.25) is 14.9 Å². The van der Waals surface area contributed by atoms with E-state index in [9.17, 15) is 18.8 Å². The highest BCUT2D eigenvalue weighted by atomic mass is 35.5. The van der Waals surface area contributed by atoms with E-state index in [1.165, 1.54) is 42.9 Å². The molecule has 0 saturated heterocycles. The molecule has 0 saturated carbocycles. The van der Waals surface area contributed by atoms with Gasteiger partial charge in [0.2, 0.25) is 5.56 Å². The molecule has 10 nitrogen and oxygen atoms in total. The molecule has 0 radical (unpaired) electrons. The molecule has 1 atom stereocenters. The van der Waals surface area contributed by atoms with Crippen molar-refractivity contribution in [2.75, 3.05) is 5.32 Å². The summed E-state index contributed by atoms with van der Waals surface area (Å²) in [4.78, 5) is 36.5. The molecule has 2 rings (SSSR count). The smallest absolute Gasteiger partial charge is 0.413 e. The summed E-state index contributed by atoms with van der Waals surface area (Å²) in [5.74, 6) is -2.11. The zero-order chi connectivity index (χ0) is 28.1. The number of pyridine rings is 1. The highest BCUT2D eigenvalue weighted by molar-refractivity contribution is 6.36. The fourth-order valence-electron chi connectivity index (χ4n) is 2.89. The molecule has 0 spiro atoms. The molecule has 2 amide bonds. The lowest BCUT2D eigenvalue weighted by Crippen LogP contribution is -2.35. The molecular weight excluding hydrogens is 528 g/mol. The minimum atomic E-state index is -1.000. The van der Waals surface area contributed by atoms with E-state index in [1.54, 1.807) is 20.8 Å². The maximum Gasteiger partial charge on any atom is 0.413 e. The van der Waals surface area contributed by atoms with E-state index in [2.05, 4.69) is 10.6 Å². The molecule has 1 heterocycles. The molecule has 13 heteroatoms. The predicted octanol–water partition coefficient (Wildman–Crippen LogP) is 4.04. The Labute approximate surface area is 223 Å². The first-order valence-electron chi connectivity index (χ1n) is 10.8. The Morgan fingerprint density at radius 2 is 1.81 bits per heavy atom. The summed E-state index contributed by atoms with van der Waals surface area (Å²) in [6, 6.07) is 5.06. The first-order valence-corrected chi connectivity index (χ1v) is 11.6. The molecule has 0 bridgehead atoms. The number of nitrogens with one attached hydrogen (secondary N) is 2. The van der Waals surface area contributed by atoms with Gasteiger partial charge in [0.25, 0.3) is 5.91 Å². The fraction of sp³-hybridized carbons (Fsp3) is 0.292. The Morgan fingerprint density at radius 3 is 2.41 bits per heavy atom. The Morgan fingerprint density at radius 1 is 1.16 bits per heavy atom. The van der Waals surface area contributed by atoms with Crippen molar-refractivity contribution in [3.05, 3.63) is 85.6 Å². The van der Waals surface area contributed by atoms with Crippen LogP contribution in [0.3, 0.4) is 0 Å². The van der Waals surface area contributed by atoms with Gasteiger partial charge in [-0.1, -0.05) is 23.2 Å². The minimum absolute atomic E-state index is 0.104. The number of halogens is 3. The molecular formula is C24H28Cl2FN5O5. The molecule has 0 aliphatic heterocycles. The number of hydrogen-bond donors (Lipinski definition) is 4. The monoisotopic (exact) mass is 555 g/mol. The van der Waals surface area contributed by atoms with Crippen molar-refractivity contribution in [1.82, 2.24) is 9.88 Å². The average molecular weight is 556 g/mol. The third-order valence-corrected chi connectivity index (χ3v) is 5.30. The second kappa shape index (κ2) is 12.0. The van der Waals surface area contributed by atoms with Gasteiger partial charge in [-0.2, -0.15) is 0 Å². The Hall–Kier alpha value is -3.70. The summed E-state index contributed by atoms with van der Waals surface area (Å²) < 4.78 is 26.3. The number of ether oxygens (including phenoxy) is 2. The number of rotatable bonds is 7. The normalized spacial score (nSPS) is 13.4. The zero-order valence-electron chi connectivity index (χ0n) is 20.8. The molecule has 1 aromatic heterocycles. The van der Waals surface area contributed by atoms with Gasteiger partial charge >= 0.3 is 6.09 Å². The van der Waals surface area contributed by atoms with Gasteiger partial charge in [-0.25, -0.2) is 9.18 Å². The summed E-state index contributed by atoms with van der Waals surface area (Å²) in [6.45, 7) is 6.46. The number of allylic oxidation sites excluding steroid dienone is 1. The number of alkyl carbamates (subject to hydrolysis) is 1. The lowest BCUT2D eigenvalue weighted by molar-refractivity contribution is -0.112. The van der Waals surface area contributed by atoms with Crippen molar-refractivity contribution in [2.45, 2.75) is 39.4 Å². The van der Waals surface area contributed by atoms with Crippen LogP contribution in [0.1, 0.15) is 39.4 Å². The first kappa shape index (κ1) is 29.5. The van der Waals surface area contributed by atoms with Gasteiger partial charge in [-0.15, -0.1) is 0 Å². The van der Waals surface area contributed by atoms with E-state index in [4.69, 9.17) is 44.1 Å². The lowest BCUT2D eigenvalue weighted by Gasteiger charge is -2.22. The van der Waals surface area contributed by atoms with Crippen LogP contribution in [-0.4, -0.2) is 22.2 Å². The van der Waals surface area contributed by atoms with Crippen molar-refractivity contribution in [2.24, 2.45) is 18.5 Å². The Balaban J connectivity index is 2.42. The predicted molar refractivity (Wildman–Crippen MR) is 139 cm³/mol. The number of aryl methyl sites for hydroxylation is 1. The maximum atomic E-state index is 14.1. The zero-order valence-corrected chi connectivity index (χ0v) is 22.3. The number of aromatic nitrogens is 1. The highest BCUT2D eigenvalue weighted by Crippen LogP contribution is 2.35. The second-order valence-electron chi connectivity index (χ2n) is 8.84. The van der Waals surface area contributed by atoms with Gasteiger partial charge in [0.15, 0.2) is 5.76 Å². The lowest BCUT2D eigenvalue weighted by atomic mass is 10.1. The molecule has 200 valence electrons. The topological polar surface area (TPSA) is 151 Å². The van der Waals surface area contributed by atoms with E-state index in [-0.39, 0.29) is 38.4 Å². The van der Waals surface area contributed by atoms with E-state index in [0.29, 0.717) is 5.69 Å². The van der Waals surface area contributed by atoms with E-state index in [0.717, 1.165) is 12.1 Å². The van der Waals surface area contributed by atoms with E-state index < -0.39 is 29.5 Å². The Kier molecular flexibility index (Phi) is 9.60. The van der Waals surface area contributed by atoms with Crippen LogP contribution in [0, 0.1) is 5.82 Å². The van der Waals surface area contributed by atoms with Crippen molar-refractivity contribution in [1.29, 1.82) is 0 Å². The van der Waals surface area contributed by atoms with Crippen LogP contribution >= 0.6 is 23.2 Å². The summed E-state index contributed by atoms with van der Waals surface area (Å²) in [6.07, 6.45) is 0.555. The number of carbonyl (C=O) groups is 2. The SMILES string of the molecule is CC(OC(/C=C(\N)C(=O)Nc1ccc(=O)n(C)c1)=C(/N)NC(=O)OC(C)(C)C)c1c(Cl)ccc(F)c1Cl. The standard InChI is InChI=1S/C24H28Cl2FN5O5/c1-12(19-14(25)7-8-15(27)20(19)26)36-17(21(29)31-23(35)37-24(2,3)4)10-16(28)22(34)30-13-6-9-18(33)32(5)11-13/h6-12H,28-29H2,1-5H3,(H,30,34)(H,31,35)/b16-10-,21-17-. The van der Waals surface area contributed by atoms with Crippen LogP contribution in [0.5, 0.6) is 0 Å². The molecule has 2 aromatic rings. The van der Waals surface area contributed by atoms with Gasteiger partial charge in [-0.05, 0) is 45.9 Å². The van der Waals surface area contributed by atoms with Crippen molar-refractivity contribution in [3.8, 4) is 0 Å². The third-order valence-electron chi connectivity index (χ3n) is 4.58. The first-order chi connectivity index (χ1) is 17.1. The van der Waals surface area contributed by atoms with Crippen LogP contribution in [0.2, 0.25) is 10.0 Å². The van der Waals surface area contributed by atoms with Crippen molar-refractivity contribution in [3.63, 3.8) is 0 Å². The van der Waals surface area contributed by atoms with E-state index in [1.807, 2.05) is 0 Å². The van der Waals surface area contributed by atoms with Crippen LogP contribution in [-0.2, 0) is 21.3 Å². The summed E-state index contributed by atoms with van der Waals surface area (Å²) in [5.41, 5.74) is 10.9. The number of hydrogen-bond acceptors (Lipinski definition) is 7. The molecule has 0 aliphatic carbocycles. The quantitative estimate of drug-likeness (QED) is 0.174. The largest absolute Gasteiger partial charge is 0.482 e. The second-order valence-corrected chi connectivity index (χ2v) is 9.63. The van der Waals surface area contributed by atoms with Gasteiger partial charge in [0, 0.05) is 36.0 Å². The molecule has 6 N–H and O–H groups in total. The average Bonchev–Trinajstić information content (AvgIpc) is 2.77. The number of nitrogens with zero attached hydrogens (tertiary/aromatic N) is 1. The molecule has 1 aromatic carbocycles. The maximum absolute atomic E-state index is 14.1. The highest BCUT2D eigenvalue weighted by Gasteiger charge is 2.22. The van der Waals surface area contributed by atoms with Crippen molar-refractivity contribution >= 4 is 40.9 Å². The van der Waals surface area contributed by atoms with Gasteiger partial charge in [0.1, 0.15) is 29.0 Å². The van der Waals surface area contributed by atoms with Crippen LogP contribution in [0.25, 0.3) is 0 Å². The molecule has 1 unspecified atom stereocenters.